The fourth-order valence-corrected chi connectivity index (χ4v) is 1.53. The lowest BCUT2D eigenvalue weighted by atomic mass is 10.0. The van der Waals surface area contributed by atoms with Gasteiger partial charge in [0.2, 0.25) is 0 Å². The fourth-order valence-electron chi connectivity index (χ4n) is 1.18. The van der Waals surface area contributed by atoms with Crippen LogP contribution in [0.5, 0.6) is 0 Å². The first-order valence-corrected chi connectivity index (χ1v) is 5.39. The molecule has 0 radical (unpaired) electrons. The first-order chi connectivity index (χ1) is 7.11. The smallest absolute Gasteiger partial charge is 0.153 e. The molecule has 2 N–H and O–H groups in total. The number of halogens is 2. The summed E-state index contributed by atoms with van der Waals surface area (Å²) in [6.45, 7) is 0. The van der Waals surface area contributed by atoms with Crippen molar-refractivity contribution in [1.82, 2.24) is 0 Å². The number of aldehydes is 1. The van der Waals surface area contributed by atoms with E-state index >= 15 is 0 Å². The van der Waals surface area contributed by atoms with Crippen LogP contribution in [-0.4, -0.2) is 27.9 Å². The highest BCUT2D eigenvalue weighted by Crippen LogP contribution is 2.22. The molecule has 0 saturated heterocycles. The lowest BCUT2D eigenvalue weighted by Crippen LogP contribution is -2.20. The van der Waals surface area contributed by atoms with E-state index in [1.807, 2.05) is 0 Å². The van der Waals surface area contributed by atoms with Crippen molar-refractivity contribution in [2.75, 3.05) is 5.33 Å². The van der Waals surface area contributed by atoms with Crippen molar-refractivity contribution >= 4 is 22.2 Å². The maximum Gasteiger partial charge on any atom is 0.153 e. The summed E-state index contributed by atoms with van der Waals surface area (Å²) in [5, 5.41) is 19.0. The topological polar surface area (TPSA) is 57.5 Å². The van der Waals surface area contributed by atoms with E-state index in [-0.39, 0.29) is 16.5 Å². The number of rotatable bonds is 4. The summed E-state index contributed by atoms with van der Waals surface area (Å²) in [6.07, 6.45) is -2.09. The number of aliphatic hydroxyl groups excluding tert-OH is 2. The van der Waals surface area contributed by atoms with Crippen LogP contribution in [0.15, 0.2) is 18.2 Å². The van der Waals surface area contributed by atoms with E-state index in [2.05, 4.69) is 15.9 Å². The summed E-state index contributed by atoms with van der Waals surface area (Å²) >= 11 is 2.97. The lowest BCUT2D eigenvalue weighted by molar-refractivity contribution is 0.0319. The molecule has 0 aliphatic carbocycles. The van der Waals surface area contributed by atoms with E-state index in [9.17, 15) is 19.4 Å². The third-order valence-electron chi connectivity index (χ3n) is 2.03. The Bertz CT molecular complexity index is 357. The number of benzene rings is 1. The van der Waals surface area contributed by atoms with Crippen LogP contribution in [0.4, 0.5) is 4.39 Å². The second kappa shape index (κ2) is 5.34. The van der Waals surface area contributed by atoms with Gasteiger partial charge < -0.3 is 10.2 Å². The summed E-state index contributed by atoms with van der Waals surface area (Å²) in [7, 11) is 0. The molecule has 1 aromatic rings. The number of aliphatic hydroxyl groups is 2. The maximum atomic E-state index is 13.5. The predicted molar refractivity (Wildman–Crippen MR) is 56.5 cm³/mol. The molecule has 0 aliphatic heterocycles. The minimum absolute atomic E-state index is 0.0773. The van der Waals surface area contributed by atoms with E-state index in [0.29, 0.717) is 6.29 Å². The zero-order valence-electron chi connectivity index (χ0n) is 7.73. The molecule has 0 saturated carbocycles. The third kappa shape index (κ3) is 2.62. The Morgan fingerprint density at radius 3 is 2.67 bits per heavy atom. The molecule has 1 aromatic carbocycles. The van der Waals surface area contributed by atoms with Crippen molar-refractivity contribution in [3.05, 3.63) is 35.1 Å². The van der Waals surface area contributed by atoms with Crippen LogP contribution in [0.1, 0.15) is 22.0 Å². The predicted octanol–water partition coefficient (Wildman–Crippen LogP) is 1.43. The van der Waals surface area contributed by atoms with Gasteiger partial charge >= 0.3 is 0 Å². The van der Waals surface area contributed by atoms with Gasteiger partial charge in [-0.1, -0.05) is 28.1 Å². The van der Waals surface area contributed by atoms with Crippen LogP contribution < -0.4 is 0 Å². The van der Waals surface area contributed by atoms with Gasteiger partial charge in [0.25, 0.3) is 0 Å². The number of alkyl halides is 1. The molecule has 15 heavy (non-hydrogen) atoms. The van der Waals surface area contributed by atoms with Gasteiger partial charge in [-0.15, -0.1) is 0 Å². The van der Waals surface area contributed by atoms with Gasteiger partial charge in [-0.2, -0.15) is 0 Å². The SMILES string of the molecule is O=Cc1cccc(C(O)C(O)CBr)c1F. The Balaban J connectivity index is 3.09. The van der Waals surface area contributed by atoms with Crippen molar-refractivity contribution in [2.24, 2.45) is 0 Å². The highest BCUT2D eigenvalue weighted by Gasteiger charge is 2.21. The van der Waals surface area contributed by atoms with Crippen LogP contribution in [0.3, 0.4) is 0 Å². The van der Waals surface area contributed by atoms with Crippen molar-refractivity contribution in [3.63, 3.8) is 0 Å². The Morgan fingerprint density at radius 1 is 1.47 bits per heavy atom. The first-order valence-electron chi connectivity index (χ1n) is 4.27. The van der Waals surface area contributed by atoms with E-state index in [4.69, 9.17) is 0 Å². The van der Waals surface area contributed by atoms with Crippen molar-refractivity contribution in [1.29, 1.82) is 0 Å². The second-order valence-corrected chi connectivity index (χ2v) is 3.68. The molecule has 0 spiro atoms. The Morgan fingerprint density at radius 2 is 2.13 bits per heavy atom. The van der Waals surface area contributed by atoms with Gasteiger partial charge in [0, 0.05) is 10.9 Å². The number of hydrogen-bond donors (Lipinski definition) is 2. The van der Waals surface area contributed by atoms with Crippen LogP contribution in [-0.2, 0) is 0 Å². The van der Waals surface area contributed by atoms with E-state index in [0.717, 1.165) is 0 Å². The Hall–Kier alpha value is -0.780. The molecule has 0 heterocycles. The standard InChI is InChI=1S/C10H10BrFO3/c11-4-8(14)10(15)7-3-1-2-6(5-13)9(7)12/h1-3,5,8,10,14-15H,4H2. The molecule has 2 atom stereocenters. The number of carbonyl (C=O) groups is 1. The largest absolute Gasteiger partial charge is 0.389 e. The van der Waals surface area contributed by atoms with Crippen molar-refractivity contribution in [3.8, 4) is 0 Å². The molecule has 3 nitrogen and oxygen atoms in total. The normalized spacial score (nSPS) is 14.7. The molecular weight excluding hydrogens is 267 g/mol. The molecule has 0 aromatic heterocycles. The third-order valence-corrected chi connectivity index (χ3v) is 2.69. The fraction of sp³-hybridized carbons (Fsp3) is 0.300. The minimum atomic E-state index is -1.34. The van der Waals surface area contributed by atoms with Gasteiger partial charge in [0.15, 0.2) is 6.29 Å². The summed E-state index contributed by atoms with van der Waals surface area (Å²) in [5.41, 5.74) is -0.208. The van der Waals surface area contributed by atoms with Gasteiger partial charge in [0.1, 0.15) is 11.9 Å². The zero-order chi connectivity index (χ0) is 11.4. The highest BCUT2D eigenvalue weighted by molar-refractivity contribution is 9.09. The maximum absolute atomic E-state index is 13.5. The monoisotopic (exact) mass is 276 g/mol. The van der Waals surface area contributed by atoms with Crippen LogP contribution in [0.2, 0.25) is 0 Å². The molecule has 1 rings (SSSR count). The van der Waals surface area contributed by atoms with Gasteiger partial charge in [0.05, 0.1) is 11.7 Å². The second-order valence-electron chi connectivity index (χ2n) is 3.03. The number of hydrogen-bond acceptors (Lipinski definition) is 3. The number of carbonyl (C=O) groups excluding carboxylic acids is 1. The average molecular weight is 277 g/mol. The van der Waals surface area contributed by atoms with E-state index < -0.39 is 18.0 Å². The Kier molecular flexibility index (Phi) is 4.38. The zero-order valence-corrected chi connectivity index (χ0v) is 9.32. The quantitative estimate of drug-likeness (QED) is 0.646. The molecule has 0 fully saturated rings. The van der Waals surface area contributed by atoms with Crippen LogP contribution in [0, 0.1) is 5.82 Å². The van der Waals surface area contributed by atoms with Gasteiger partial charge in [-0.25, -0.2) is 4.39 Å². The molecular formula is C10H10BrFO3. The summed E-state index contributed by atoms with van der Waals surface area (Å²) in [6, 6.07) is 4.09. The van der Waals surface area contributed by atoms with Gasteiger partial charge in [-0.05, 0) is 6.07 Å². The van der Waals surface area contributed by atoms with Crippen molar-refractivity contribution in [2.45, 2.75) is 12.2 Å². The first kappa shape index (κ1) is 12.3. The van der Waals surface area contributed by atoms with Crippen LogP contribution in [0.25, 0.3) is 0 Å². The molecule has 0 aliphatic rings. The minimum Gasteiger partial charge on any atom is -0.389 e. The summed E-state index contributed by atoms with van der Waals surface area (Å²) < 4.78 is 13.5. The molecule has 0 bridgehead atoms. The highest BCUT2D eigenvalue weighted by atomic mass is 79.9. The van der Waals surface area contributed by atoms with Crippen molar-refractivity contribution < 1.29 is 19.4 Å². The molecule has 82 valence electrons. The summed E-state index contributed by atoms with van der Waals surface area (Å²) in [4.78, 5) is 10.4. The van der Waals surface area contributed by atoms with E-state index in [1.165, 1.54) is 18.2 Å². The molecule has 0 amide bonds. The Labute approximate surface area is 94.7 Å². The molecule has 2 unspecified atom stereocenters. The molecule has 5 heteroatoms. The lowest BCUT2D eigenvalue weighted by Gasteiger charge is -2.16. The summed E-state index contributed by atoms with van der Waals surface area (Å²) in [5.74, 6) is -0.792. The van der Waals surface area contributed by atoms with Crippen LogP contribution >= 0.6 is 15.9 Å². The average Bonchev–Trinajstić information content (AvgIpc) is 2.27. The van der Waals surface area contributed by atoms with E-state index in [1.54, 1.807) is 0 Å². The van der Waals surface area contributed by atoms with Gasteiger partial charge in [-0.3, -0.25) is 4.79 Å².